The molecule has 0 aromatic heterocycles. The Morgan fingerprint density at radius 3 is 2.42 bits per heavy atom. The van der Waals surface area contributed by atoms with Gasteiger partial charge in [0.2, 0.25) is 5.91 Å². The van der Waals surface area contributed by atoms with Crippen LogP contribution in [0.15, 0.2) is 0 Å². The second kappa shape index (κ2) is 7.85. The molecular formula is C19H34N2O3. The van der Waals surface area contributed by atoms with E-state index >= 15 is 0 Å². The number of carboxylic acid groups (broad SMARTS) is 1. The third-order valence-corrected chi connectivity index (χ3v) is 5.69. The van der Waals surface area contributed by atoms with Gasteiger partial charge in [-0.15, -0.1) is 0 Å². The van der Waals surface area contributed by atoms with Gasteiger partial charge < -0.3 is 10.4 Å². The summed E-state index contributed by atoms with van der Waals surface area (Å²) < 4.78 is 0. The van der Waals surface area contributed by atoms with Gasteiger partial charge in [0.05, 0.1) is 6.54 Å². The molecule has 24 heavy (non-hydrogen) atoms. The van der Waals surface area contributed by atoms with Crippen LogP contribution in [0, 0.1) is 17.3 Å². The Hall–Kier alpha value is -1.10. The van der Waals surface area contributed by atoms with Crippen molar-refractivity contribution < 1.29 is 14.7 Å². The van der Waals surface area contributed by atoms with Crippen molar-refractivity contribution in [3.8, 4) is 0 Å². The number of carbonyl (C=O) groups is 2. The molecule has 0 bridgehead atoms. The molecule has 1 amide bonds. The Labute approximate surface area is 146 Å². The highest BCUT2D eigenvalue weighted by atomic mass is 16.4. The molecule has 2 aliphatic rings. The van der Waals surface area contributed by atoms with E-state index in [9.17, 15) is 9.59 Å². The van der Waals surface area contributed by atoms with Crippen LogP contribution >= 0.6 is 0 Å². The van der Waals surface area contributed by atoms with Gasteiger partial charge >= 0.3 is 5.97 Å². The van der Waals surface area contributed by atoms with E-state index in [1.807, 2.05) is 11.8 Å². The number of hydrogen-bond acceptors (Lipinski definition) is 3. The Morgan fingerprint density at radius 1 is 1.21 bits per heavy atom. The predicted octanol–water partition coefficient (Wildman–Crippen LogP) is 2.89. The first-order valence-electron chi connectivity index (χ1n) is 9.43. The third-order valence-electron chi connectivity index (χ3n) is 5.69. The number of carbonyl (C=O) groups excluding carboxylic acids is 1. The standard InChI is InChI=1S/C19H34N2O3/c1-5-21(12-18(23)24)16-8-15(9-16)20-17(22)7-14-6-13(2)10-19(3,4)11-14/h13-16H,5-12H2,1-4H3,(H,20,22)(H,23,24). The van der Waals surface area contributed by atoms with E-state index < -0.39 is 5.97 Å². The Balaban J connectivity index is 1.72. The summed E-state index contributed by atoms with van der Waals surface area (Å²) in [6.07, 6.45) is 5.94. The average Bonchev–Trinajstić information content (AvgIpc) is 2.37. The molecule has 138 valence electrons. The third kappa shape index (κ3) is 5.47. The summed E-state index contributed by atoms with van der Waals surface area (Å²) in [4.78, 5) is 25.2. The second-order valence-corrected chi connectivity index (χ2v) is 8.83. The fourth-order valence-corrected chi connectivity index (χ4v) is 4.92. The molecule has 2 unspecified atom stereocenters. The minimum absolute atomic E-state index is 0.0941. The van der Waals surface area contributed by atoms with Crippen molar-refractivity contribution in [3.05, 3.63) is 0 Å². The molecule has 0 aromatic rings. The van der Waals surface area contributed by atoms with Gasteiger partial charge in [-0.1, -0.05) is 27.7 Å². The average molecular weight is 338 g/mol. The SMILES string of the molecule is CCN(CC(=O)O)C1CC(NC(=O)CC2CC(C)CC(C)(C)C2)C1. The summed E-state index contributed by atoms with van der Waals surface area (Å²) in [6.45, 7) is 9.74. The van der Waals surface area contributed by atoms with Crippen LogP contribution < -0.4 is 5.32 Å². The number of nitrogens with zero attached hydrogens (tertiary/aromatic N) is 1. The van der Waals surface area contributed by atoms with Crippen LogP contribution in [0.5, 0.6) is 0 Å². The monoisotopic (exact) mass is 338 g/mol. The van der Waals surface area contributed by atoms with E-state index in [1.165, 1.54) is 6.42 Å². The van der Waals surface area contributed by atoms with E-state index in [4.69, 9.17) is 5.11 Å². The van der Waals surface area contributed by atoms with Gasteiger partial charge in [0.1, 0.15) is 0 Å². The van der Waals surface area contributed by atoms with Gasteiger partial charge in [0.15, 0.2) is 0 Å². The van der Waals surface area contributed by atoms with E-state index in [-0.39, 0.29) is 18.5 Å². The van der Waals surface area contributed by atoms with Crippen LogP contribution in [0.2, 0.25) is 0 Å². The molecule has 0 heterocycles. The molecule has 2 aliphatic carbocycles. The number of carboxylic acids is 1. The topological polar surface area (TPSA) is 69.6 Å². The van der Waals surface area contributed by atoms with Crippen LogP contribution in [0.4, 0.5) is 0 Å². The molecule has 2 N–H and O–H groups in total. The summed E-state index contributed by atoms with van der Waals surface area (Å²) in [6, 6.07) is 0.518. The Kier molecular flexibility index (Phi) is 6.29. The van der Waals surface area contributed by atoms with Crippen LogP contribution in [-0.4, -0.2) is 47.1 Å². The van der Waals surface area contributed by atoms with Gasteiger partial charge in [-0.2, -0.15) is 0 Å². The molecule has 0 aromatic carbocycles. The van der Waals surface area contributed by atoms with Crippen LogP contribution in [0.1, 0.15) is 66.2 Å². The van der Waals surface area contributed by atoms with Crippen molar-refractivity contribution in [3.63, 3.8) is 0 Å². The zero-order valence-electron chi connectivity index (χ0n) is 15.7. The first-order chi connectivity index (χ1) is 11.2. The molecule has 0 spiro atoms. The summed E-state index contributed by atoms with van der Waals surface area (Å²) in [5, 5.41) is 12.1. The minimum atomic E-state index is -0.779. The molecule has 5 nitrogen and oxygen atoms in total. The maximum Gasteiger partial charge on any atom is 0.317 e. The van der Waals surface area contributed by atoms with Crippen LogP contribution in [0.3, 0.4) is 0 Å². The van der Waals surface area contributed by atoms with E-state index in [0.29, 0.717) is 29.7 Å². The van der Waals surface area contributed by atoms with Crippen molar-refractivity contribution in [2.24, 2.45) is 17.3 Å². The van der Waals surface area contributed by atoms with Gasteiger partial charge in [-0.3, -0.25) is 14.5 Å². The molecule has 0 radical (unpaired) electrons. The van der Waals surface area contributed by atoms with E-state index in [2.05, 4.69) is 26.1 Å². The summed E-state index contributed by atoms with van der Waals surface area (Å²) in [5.41, 5.74) is 0.350. The molecular weight excluding hydrogens is 304 g/mol. The van der Waals surface area contributed by atoms with E-state index in [0.717, 1.165) is 32.2 Å². The Morgan fingerprint density at radius 2 is 1.88 bits per heavy atom. The lowest BCUT2D eigenvalue weighted by Crippen LogP contribution is -2.55. The number of hydrogen-bond donors (Lipinski definition) is 2. The molecule has 0 saturated heterocycles. The lowest BCUT2D eigenvalue weighted by molar-refractivity contribution is -0.140. The lowest BCUT2D eigenvalue weighted by atomic mass is 9.67. The van der Waals surface area contributed by atoms with Gasteiger partial charge in [-0.05, 0) is 55.9 Å². The van der Waals surface area contributed by atoms with Crippen LogP contribution in [0.25, 0.3) is 0 Å². The number of rotatable bonds is 7. The highest BCUT2D eigenvalue weighted by Gasteiger charge is 2.36. The van der Waals surface area contributed by atoms with Crippen LogP contribution in [-0.2, 0) is 9.59 Å². The first kappa shape index (κ1) is 19.2. The smallest absolute Gasteiger partial charge is 0.317 e. The van der Waals surface area contributed by atoms with Crippen molar-refractivity contribution in [1.29, 1.82) is 0 Å². The number of aliphatic carboxylic acids is 1. The van der Waals surface area contributed by atoms with Gasteiger partial charge in [0, 0.05) is 18.5 Å². The minimum Gasteiger partial charge on any atom is -0.480 e. The molecule has 2 atom stereocenters. The molecule has 5 heteroatoms. The highest BCUT2D eigenvalue weighted by molar-refractivity contribution is 5.76. The number of likely N-dealkylation sites (N-methyl/N-ethyl adjacent to an activating group) is 1. The van der Waals surface area contributed by atoms with E-state index in [1.54, 1.807) is 0 Å². The lowest BCUT2D eigenvalue weighted by Gasteiger charge is -2.43. The summed E-state index contributed by atoms with van der Waals surface area (Å²) in [7, 11) is 0. The zero-order chi connectivity index (χ0) is 17.9. The quantitative estimate of drug-likeness (QED) is 0.749. The second-order valence-electron chi connectivity index (χ2n) is 8.83. The van der Waals surface area contributed by atoms with Crippen molar-refractivity contribution >= 4 is 11.9 Å². The number of amides is 1. The first-order valence-corrected chi connectivity index (χ1v) is 9.43. The maximum absolute atomic E-state index is 12.3. The summed E-state index contributed by atoms with van der Waals surface area (Å²) >= 11 is 0. The summed E-state index contributed by atoms with van der Waals surface area (Å²) in [5.74, 6) is 0.598. The highest BCUT2D eigenvalue weighted by Crippen LogP contribution is 2.42. The van der Waals surface area contributed by atoms with Crippen molar-refractivity contribution in [2.45, 2.75) is 78.3 Å². The maximum atomic E-state index is 12.3. The Bertz CT molecular complexity index is 458. The largest absolute Gasteiger partial charge is 0.480 e. The molecule has 2 rings (SSSR count). The normalized spacial score (nSPS) is 32.2. The van der Waals surface area contributed by atoms with Gasteiger partial charge in [-0.25, -0.2) is 0 Å². The fourth-order valence-electron chi connectivity index (χ4n) is 4.92. The molecule has 0 aliphatic heterocycles. The molecule has 2 fully saturated rings. The predicted molar refractivity (Wildman–Crippen MR) is 94.7 cm³/mol. The zero-order valence-corrected chi connectivity index (χ0v) is 15.7. The van der Waals surface area contributed by atoms with Gasteiger partial charge in [0.25, 0.3) is 0 Å². The fraction of sp³-hybridized carbons (Fsp3) is 0.895. The van der Waals surface area contributed by atoms with Crippen molar-refractivity contribution in [2.75, 3.05) is 13.1 Å². The number of nitrogens with one attached hydrogen (secondary N) is 1. The van der Waals surface area contributed by atoms with Crippen molar-refractivity contribution in [1.82, 2.24) is 10.2 Å². The molecule has 2 saturated carbocycles.